The van der Waals surface area contributed by atoms with Crippen LogP contribution in [0.3, 0.4) is 0 Å². The summed E-state index contributed by atoms with van der Waals surface area (Å²) in [6, 6.07) is 0. The molecular formula is C11H15N5O4S. The Morgan fingerprint density at radius 3 is 2.71 bits per heavy atom. The van der Waals surface area contributed by atoms with Gasteiger partial charge in [-0.2, -0.15) is 13.5 Å². The first-order chi connectivity index (χ1) is 9.81. The van der Waals surface area contributed by atoms with Crippen molar-refractivity contribution in [1.29, 1.82) is 0 Å². The van der Waals surface area contributed by atoms with E-state index in [4.69, 9.17) is 0 Å². The number of methoxy groups -OCH3 is 1. The maximum atomic E-state index is 12.1. The van der Waals surface area contributed by atoms with Crippen LogP contribution in [0.25, 0.3) is 0 Å². The van der Waals surface area contributed by atoms with Crippen molar-refractivity contribution in [3.8, 4) is 0 Å². The first-order valence-corrected chi connectivity index (χ1v) is 7.42. The zero-order valence-electron chi connectivity index (χ0n) is 11.8. The number of imidazole rings is 1. The van der Waals surface area contributed by atoms with Gasteiger partial charge in [-0.15, -0.1) is 0 Å². The second-order valence-corrected chi connectivity index (χ2v) is 5.97. The molecular weight excluding hydrogens is 298 g/mol. The van der Waals surface area contributed by atoms with Crippen LogP contribution in [0, 0.1) is 6.92 Å². The van der Waals surface area contributed by atoms with Crippen LogP contribution in [0.1, 0.15) is 5.82 Å². The number of esters is 1. The lowest BCUT2D eigenvalue weighted by Gasteiger charge is -2.02. The molecule has 0 fully saturated rings. The van der Waals surface area contributed by atoms with Gasteiger partial charge < -0.3 is 9.30 Å². The van der Waals surface area contributed by atoms with Gasteiger partial charge in [0.25, 0.3) is 10.0 Å². The highest BCUT2D eigenvalue weighted by atomic mass is 32.2. The number of nitrogens with one attached hydrogen (secondary N) is 1. The molecule has 0 amide bonds. The molecule has 2 rings (SSSR count). The Hall–Kier alpha value is -2.36. The Kier molecular flexibility index (Phi) is 3.98. The first kappa shape index (κ1) is 15.0. The summed E-state index contributed by atoms with van der Waals surface area (Å²) in [6.45, 7) is 1.61. The van der Waals surface area contributed by atoms with Crippen LogP contribution in [0.5, 0.6) is 0 Å². The molecule has 0 radical (unpaired) electrons. The molecule has 2 aromatic heterocycles. The molecule has 10 heteroatoms. The Labute approximate surface area is 121 Å². The van der Waals surface area contributed by atoms with E-state index in [1.807, 2.05) is 0 Å². The van der Waals surface area contributed by atoms with Crippen molar-refractivity contribution >= 4 is 21.7 Å². The molecule has 114 valence electrons. The highest BCUT2D eigenvalue weighted by Gasteiger charge is 2.19. The van der Waals surface area contributed by atoms with Gasteiger partial charge in [-0.25, -0.2) is 4.98 Å². The minimum absolute atomic E-state index is 0.0804. The molecule has 21 heavy (non-hydrogen) atoms. The smallest absolute Gasteiger partial charge is 0.327 e. The van der Waals surface area contributed by atoms with Crippen molar-refractivity contribution in [3.05, 3.63) is 24.4 Å². The summed E-state index contributed by atoms with van der Waals surface area (Å²) in [5, 5.41) is 3.79. The van der Waals surface area contributed by atoms with Crippen LogP contribution in [-0.4, -0.2) is 40.8 Å². The van der Waals surface area contributed by atoms with Crippen molar-refractivity contribution in [2.75, 3.05) is 11.8 Å². The van der Waals surface area contributed by atoms with E-state index < -0.39 is 16.0 Å². The summed E-state index contributed by atoms with van der Waals surface area (Å²) >= 11 is 0. The number of anilines is 1. The summed E-state index contributed by atoms with van der Waals surface area (Å²) in [4.78, 5) is 15.1. The molecule has 0 aliphatic rings. The molecule has 0 atom stereocenters. The van der Waals surface area contributed by atoms with Crippen LogP contribution < -0.4 is 4.72 Å². The van der Waals surface area contributed by atoms with Gasteiger partial charge in [0.1, 0.15) is 12.4 Å². The summed E-state index contributed by atoms with van der Waals surface area (Å²) in [5.41, 5.74) is 0.238. The standard InChI is InChI=1S/C11H15N5O4S/c1-8-13-10(6-15(8)2)21(18,19)14-9-4-12-16(5-9)7-11(17)20-3/h4-6,14H,7H2,1-3H3. The number of nitrogens with zero attached hydrogens (tertiary/aromatic N) is 4. The van der Waals surface area contributed by atoms with Crippen LogP contribution >= 0.6 is 0 Å². The molecule has 0 saturated carbocycles. The number of hydrogen-bond donors (Lipinski definition) is 1. The highest BCUT2D eigenvalue weighted by molar-refractivity contribution is 7.92. The predicted molar refractivity (Wildman–Crippen MR) is 73.0 cm³/mol. The zero-order chi connectivity index (χ0) is 15.6. The Bertz CT molecular complexity index is 742. The maximum Gasteiger partial charge on any atom is 0.327 e. The lowest BCUT2D eigenvalue weighted by Crippen LogP contribution is -2.13. The monoisotopic (exact) mass is 313 g/mol. The zero-order valence-corrected chi connectivity index (χ0v) is 12.6. The molecule has 0 aliphatic heterocycles. The number of carbonyl (C=O) groups is 1. The highest BCUT2D eigenvalue weighted by Crippen LogP contribution is 2.14. The van der Waals surface area contributed by atoms with Gasteiger partial charge in [0.15, 0.2) is 5.03 Å². The molecule has 0 unspecified atom stereocenters. The van der Waals surface area contributed by atoms with Crippen molar-refractivity contribution < 1.29 is 17.9 Å². The lowest BCUT2D eigenvalue weighted by atomic mass is 10.6. The number of aryl methyl sites for hydroxylation is 2. The molecule has 0 saturated heterocycles. The molecule has 2 heterocycles. The average molecular weight is 313 g/mol. The van der Waals surface area contributed by atoms with Crippen molar-refractivity contribution in [1.82, 2.24) is 19.3 Å². The van der Waals surface area contributed by atoms with E-state index in [1.54, 1.807) is 18.5 Å². The van der Waals surface area contributed by atoms with Gasteiger partial charge in [0.2, 0.25) is 0 Å². The summed E-state index contributed by atoms with van der Waals surface area (Å²) < 4.78 is 34.0. The normalized spacial score (nSPS) is 11.4. The van der Waals surface area contributed by atoms with E-state index in [9.17, 15) is 13.2 Å². The maximum absolute atomic E-state index is 12.1. The van der Waals surface area contributed by atoms with Crippen molar-refractivity contribution in [3.63, 3.8) is 0 Å². The SMILES string of the molecule is COC(=O)Cn1cc(NS(=O)(=O)c2cn(C)c(C)n2)cn1. The number of hydrogen-bond acceptors (Lipinski definition) is 6. The number of ether oxygens (including phenoxy) is 1. The predicted octanol–water partition coefficient (Wildman–Crippen LogP) is -0.101. The van der Waals surface area contributed by atoms with Gasteiger partial charge in [-0.3, -0.25) is 14.2 Å². The number of rotatable bonds is 5. The third-order valence-electron chi connectivity index (χ3n) is 2.77. The largest absolute Gasteiger partial charge is 0.468 e. The summed E-state index contributed by atoms with van der Waals surface area (Å²) in [7, 11) is -0.820. The Balaban J connectivity index is 2.15. The van der Waals surface area contributed by atoms with Crippen LogP contribution in [0.4, 0.5) is 5.69 Å². The molecule has 1 N–H and O–H groups in total. The quantitative estimate of drug-likeness (QED) is 0.772. The first-order valence-electron chi connectivity index (χ1n) is 5.94. The van der Waals surface area contributed by atoms with Crippen LogP contribution in [0.2, 0.25) is 0 Å². The third kappa shape index (κ3) is 3.40. The van der Waals surface area contributed by atoms with Crippen molar-refractivity contribution in [2.45, 2.75) is 18.5 Å². The number of aromatic nitrogens is 4. The minimum Gasteiger partial charge on any atom is -0.468 e. The van der Waals surface area contributed by atoms with E-state index in [1.165, 1.54) is 30.4 Å². The van der Waals surface area contributed by atoms with Gasteiger partial charge in [-0.1, -0.05) is 0 Å². The van der Waals surface area contributed by atoms with Crippen LogP contribution in [0.15, 0.2) is 23.6 Å². The van der Waals surface area contributed by atoms with Gasteiger partial charge in [-0.05, 0) is 6.92 Å². The van der Waals surface area contributed by atoms with Gasteiger partial charge in [0, 0.05) is 19.4 Å². The van der Waals surface area contributed by atoms with Gasteiger partial charge in [0.05, 0.1) is 19.0 Å². The molecule has 0 spiro atoms. The fourth-order valence-electron chi connectivity index (χ4n) is 1.56. The van der Waals surface area contributed by atoms with Crippen LogP contribution in [-0.2, 0) is 33.1 Å². The Morgan fingerprint density at radius 1 is 1.43 bits per heavy atom. The summed E-state index contributed by atoms with van der Waals surface area (Å²) in [6.07, 6.45) is 4.11. The lowest BCUT2D eigenvalue weighted by molar-refractivity contribution is -0.141. The fraction of sp³-hybridized carbons (Fsp3) is 0.364. The van der Waals surface area contributed by atoms with E-state index in [2.05, 4.69) is 19.5 Å². The minimum atomic E-state index is -3.79. The van der Waals surface area contributed by atoms with Gasteiger partial charge >= 0.3 is 5.97 Å². The fourth-order valence-corrected chi connectivity index (χ4v) is 2.63. The van der Waals surface area contributed by atoms with E-state index in [0.717, 1.165) is 0 Å². The second-order valence-electron chi connectivity index (χ2n) is 4.35. The Morgan fingerprint density at radius 2 is 2.14 bits per heavy atom. The number of sulfonamides is 1. The summed E-state index contributed by atoms with van der Waals surface area (Å²) in [5.74, 6) is 0.101. The third-order valence-corrected chi connectivity index (χ3v) is 4.02. The molecule has 9 nitrogen and oxygen atoms in total. The van der Waals surface area contributed by atoms with Crippen molar-refractivity contribution in [2.24, 2.45) is 7.05 Å². The molecule has 2 aromatic rings. The second kappa shape index (κ2) is 5.56. The molecule has 0 aromatic carbocycles. The average Bonchev–Trinajstić information content (AvgIpc) is 2.97. The molecule has 0 aliphatic carbocycles. The van der Waals surface area contributed by atoms with E-state index >= 15 is 0 Å². The van der Waals surface area contributed by atoms with E-state index in [-0.39, 0.29) is 17.3 Å². The number of carbonyl (C=O) groups excluding carboxylic acids is 1. The van der Waals surface area contributed by atoms with E-state index in [0.29, 0.717) is 5.82 Å². The topological polar surface area (TPSA) is 108 Å². The molecule has 0 bridgehead atoms.